The molecule has 0 saturated heterocycles. The van der Waals surface area contributed by atoms with Gasteiger partial charge >= 0.3 is 0 Å². The molecule has 3 heterocycles. The normalized spacial score (nSPS) is 15.5. The SMILES string of the molecule is COCCn1c(C)cc(C(=O)CSC2=N/C(=C/c3ccc4c(c3)OCO4)C(=O)N2c2ccc(C)cc2)c1C. The number of hydrogen-bond acceptors (Lipinski definition) is 7. The number of Topliss-reactive ketones (excluding diaryl/α,β-unsaturated/α-hetero) is 1. The summed E-state index contributed by atoms with van der Waals surface area (Å²) in [6.07, 6.45) is 1.73. The van der Waals surface area contributed by atoms with Crippen molar-refractivity contribution in [1.82, 2.24) is 4.57 Å². The van der Waals surface area contributed by atoms with Gasteiger partial charge in [0.15, 0.2) is 22.4 Å². The van der Waals surface area contributed by atoms with Gasteiger partial charge in [0.25, 0.3) is 5.91 Å². The first-order valence-electron chi connectivity index (χ1n) is 12.3. The lowest BCUT2D eigenvalue weighted by Gasteiger charge is -2.18. The van der Waals surface area contributed by atoms with Crippen LogP contribution in [0, 0.1) is 20.8 Å². The van der Waals surface area contributed by atoms with E-state index in [9.17, 15) is 9.59 Å². The number of hydrogen-bond donors (Lipinski definition) is 0. The van der Waals surface area contributed by atoms with E-state index < -0.39 is 0 Å². The third-order valence-electron chi connectivity index (χ3n) is 6.55. The molecule has 1 aromatic heterocycles. The molecule has 8 nitrogen and oxygen atoms in total. The van der Waals surface area contributed by atoms with E-state index in [0.717, 1.165) is 22.5 Å². The number of ketones is 1. The molecule has 0 bridgehead atoms. The number of fused-ring (bicyclic) bond motifs is 1. The highest BCUT2D eigenvalue weighted by atomic mass is 32.2. The molecule has 3 aromatic rings. The van der Waals surface area contributed by atoms with Gasteiger partial charge in [-0.1, -0.05) is 35.5 Å². The number of amides is 1. The molecule has 1 amide bonds. The summed E-state index contributed by atoms with van der Waals surface area (Å²) in [4.78, 5) is 33.0. The zero-order chi connectivity index (χ0) is 26.8. The Morgan fingerprint density at radius 2 is 1.84 bits per heavy atom. The fourth-order valence-corrected chi connectivity index (χ4v) is 5.39. The van der Waals surface area contributed by atoms with E-state index in [-0.39, 0.29) is 29.9 Å². The first-order chi connectivity index (χ1) is 18.4. The Bertz CT molecular complexity index is 1460. The summed E-state index contributed by atoms with van der Waals surface area (Å²) in [5.74, 6) is 1.19. The van der Waals surface area contributed by atoms with Crippen molar-refractivity contribution in [3.8, 4) is 11.5 Å². The van der Waals surface area contributed by atoms with Crippen LogP contribution in [0.5, 0.6) is 11.5 Å². The van der Waals surface area contributed by atoms with E-state index in [0.29, 0.717) is 41.1 Å². The zero-order valence-corrected chi connectivity index (χ0v) is 22.6. The maximum Gasteiger partial charge on any atom is 0.283 e. The van der Waals surface area contributed by atoms with Crippen LogP contribution < -0.4 is 14.4 Å². The van der Waals surface area contributed by atoms with Crippen molar-refractivity contribution >= 4 is 40.4 Å². The number of methoxy groups -OCH3 is 1. The number of carbonyl (C=O) groups excluding carboxylic acids is 2. The number of nitrogens with zero attached hydrogens (tertiary/aromatic N) is 3. The van der Waals surface area contributed by atoms with Crippen LogP contribution >= 0.6 is 11.8 Å². The fraction of sp³-hybridized carbons (Fsp3) is 0.276. The van der Waals surface area contributed by atoms with Crippen LogP contribution in [0.25, 0.3) is 6.08 Å². The highest BCUT2D eigenvalue weighted by molar-refractivity contribution is 8.14. The number of amidine groups is 1. The maximum atomic E-state index is 13.5. The number of thioether (sulfide) groups is 1. The Morgan fingerprint density at radius 1 is 1.08 bits per heavy atom. The summed E-state index contributed by atoms with van der Waals surface area (Å²) in [5.41, 5.74) is 5.44. The van der Waals surface area contributed by atoms with E-state index in [1.54, 1.807) is 18.1 Å². The largest absolute Gasteiger partial charge is 0.454 e. The number of carbonyl (C=O) groups is 2. The van der Waals surface area contributed by atoms with Crippen LogP contribution in [-0.4, -0.2) is 47.7 Å². The second-order valence-corrected chi connectivity index (χ2v) is 10.1. The number of aromatic nitrogens is 1. The van der Waals surface area contributed by atoms with Crippen LogP contribution in [0.2, 0.25) is 0 Å². The van der Waals surface area contributed by atoms with Gasteiger partial charge in [0.2, 0.25) is 6.79 Å². The Balaban J connectivity index is 1.41. The number of rotatable bonds is 8. The van der Waals surface area contributed by atoms with Gasteiger partial charge in [-0.15, -0.1) is 0 Å². The molecule has 9 heteroatoms. The molecule has 0 unspecified atom stereocenters. The van der Waals surface area contributed by atoms with Crippen LogP contribution in [-0.2, 0) is 16.1 Å². The number of aryl methyl sites for hydroxylation is 2. The molecule has 0 saturated carbocycles. The third kappa shape index (κ3) is 5.12. The molecule has 0 radical (unpaired) electrons. The summed E-state index contributed by atoms with van der Waals surface area (Å²) in [7, 11) is 1.66. The van der Waals surface area contributed by atoms with E-state index >= 15 is 0 Å². The van der Waals surface area contributed by atoms with Crippen molar-refractivity contribution in [3.63, 3.8) is 0 Å². The molecule has 0 atom stereocenters. The van der Waals surface area contributed by atoms with E-state index in [1.807, 2.05) is 69.3 Å². The van der Waals surface area contributed by atoms with E-state index in [1.165, 1.54) is 11.8 Å². The standard InChI is InChI=1S/C29H29N3O5S/c1-18-5-8-22(9-6-18)32-28(34)24(14-21-7-10-26-27(15-21)37-17-36-26)30-29(32)38-16-25(33)23-13-19(2)31(20(23)3)11-12-35-4/h5-10,13-15H,11-12,16-17H2,1-4H3/b24-14+. The summed E-state index contributed by atoms with van der Waals surface area (Å²) < 4.78 is 18.1. The van der Waals surface area contributed by atoms with Gasteiger partial charge in [0.05, 0.1) is 18.0 Å². The summed E-state index contributed by atoms with van der Waals surface area (Å²) in [5, 5.41) is 0.465. The number of anilines is 1. The van der Waals surface area contributed by atoms with E-state index in [2.05, 4.69) is 9.56 Å². The summed E-state index contributed by atoms with van der Waals surface area (Å²) in [6, 6.07) is 15.1. The first-order valence-corrected chi connectivity index (χ1v) is 13.3. The lowest BCUT2D eigenvalue weighted by Crippen LogP contribution is -2.30. The minimum Gasteiger partial charge on any atom is -0.454 e. The topological polar surface area (TPSA) is 82.4 Å². The smallest absolute Gasteiger partial charge is 0.283 e. The highest BCUT2D eigenvalue weighted by Crippen LogP contribution is 2.35. The fourth-order valence-electron chi connectivity index (χ4n) is 4.49. The van der Waals surface area contributed by atoms with Crippen molar-refractivity contribution in [2.75, 3.05) is 31.2 Å². The van der Waals surface area contributed by atoms with Gasteiger partial charge < -0.3 is 18.8 Å². The molecular weight excluding hydrogens is 502 g/mol. The van der Waals surface area contributed by atoms with Gasteiger partial charge in [-0.3, -0.25) is 14.5 Å². The average molecular weight is 532 g/mol. The van der Waals surface area contributed by atoms with Crippen molar-refractivity contribution in [3.05, 3.63) is 82.3 Å². The Hall–Kier alpha value is -3.82. The molecule has 0 aliphatic carbocycles. The average Bonchev–Trinajstić information content (AvgIpc) is 3.58. The third-order valence-corrected chi connectivity index (χ3v) is 7.49. The van der Waals surface area contributed by atoms with Crippen molar-refractivity contribution < 1.29 is 23.8 Å². The van der Waals surface area contributed by atoms with Gasteiger partial charge in [-0.05, 0) is 62.7 Å². The quantitative estimate of drug-likeness (QED) is 0.295. The second-order valence-electron chi connectivity index (χ2n) is 9.15. The molecule has 5 rings (SSSR count). The summed E-state index contributed by atoms with van der Waals surface area (Å²) in [6.45, 7) is 7.36. The number of benzene rings is 2. The molecule has 0 fully saturated rings. The monoisotopic (exact) mass is 531 g/mol. The predicted molar refractivity (Wildman–Crippen MR) is 149 cm³/mol. The first kappa shape index (κ1) is 25.8. The summed E-state index contributed by atoms with van der Waals surface area (Å²) >= 11 is 1.26. The molecule has 0 N–H and O–H groups in total. The minimum atomic E-state index is -0.251. The van der Waals surface area contributed by atoms with Gasteiger partial charge in [0, 0.05) is 30.6 Å². The van der Waals surface area contributed by atoms with Crippen molar-refractivity contribution in [2.24, 2.45) is 4.99 Å². The van der Waals surface area contributed by atoms with Crippen LogP contribution in [0.4, 0.5) is 5.69 Å². The van der Waals surface area contributed by atoms with E-state index in [4.69, 9.17) is 14.2 Å². The predicted octanol–water partition coefficient (Wildman–Crippen LogP) is 5.15. The lowest BCUT2D eigenvalue weighted by molar-refractivity contribution is -0.113. The highest BCUT2D eigenvalue weighted by Gasteiger charge is 2.33. The maximum absolute atomic E-state index is 13.5. The molecule has 2 aromatic carbocycles. The molecule has 2 aliphatic heterocycles. The molecule has 38 heavy (non-hydrogen) atoms. The lowest BCUT2D eigenvalue weighted by atomic mass is 10.1. The Labute approximate surface area is 225 Å². The van der Waals surface area contributed by atoms with Crippen LogP contribution in [0.15, 0.2) is 59.2 Å². The number of aliphatic imine (C=N–C) groups is 1. The second kappa shape index (κ2) is 10.9. The van der Waals surface area contributed by atoms with Crippen molar-refractivity contribution in [1.29, 1.82) is 0 Å². The van der Waals surface area contributed by atoms with Gasteiger partial charge in [-0.25, -0.2) is 4.99 Å². The molecule has 196 valence electrons. The Kier molecular flexibility index (Phi) is 7.40. The van der Waals surface area contributed by atoms with Gasteiger partial charge in [-0.2, -0.15) is 0 Å². The van der Waals surface area contributed by atoms with Gasteiger partial charge in [0.1, 0.15) is 5.70 Å². The van der Waals surface area contributed by atoms with Crippen molar-refractivity contribution in [2.45, 2.75) is 27.3 Å². The minimum absolute atomic E-state index is 0.0148. The molecular formula is C29H29N3O5S. The zero-order valence-electron chi connectivity index (χ0n) is 21.8. The van der Waals surface area contributed by atoms with Crippen LogP contribution in [0.3, 0.4) is 0 Å². The molecule has 0 spiro atoms. The number of ether oxygens (including phenoxy) is 3. The molecule has 2 aliphatic rings. The Morgan fingerprint density at radius 3 is 2.61 bits per heavy atom. The van der Waals surface area contributed by atoms with Crippen LogP contribution in [0.1, 0.15) is 32.9 Å².